The third-order valence-electron chi connectivity index (χ3n) is 3.77. The Morgan fingerprint density at radius 2 is 2.08 bits per heavy atom. The van der Waals surface area contributed by atoms with E-state index in [-0.39, 0.29) is 17.4 Å². The van der Waals surface area contributed by atoms with Crippen molar-refractivity contribution >= 4 is 35.0 Å². The number of nitrogens with one attached hydrogen (secondary N) is 1. The first-order valence-corrected chi connectivity index (χ1v) is 7.98. The lowest BCUT2D eigenvalue weighted by atomic mass is 10.2. The molecular weight excluding hydrogens is 338 g/mol. The maximum absolute atomic E-state index is 12.0. The number of nitrogen functional groups attached to an aromatic ring is 1. The summed E-state index contributed by atoms with van der Waals surface area (Å²) in [6.07, 6.45) is 3.99. The van der Waals surface area contributed by atoms with E-state index in [4.69, 9.17) is 10.5 Å². The second-order valence-electron chi connectivity index (χ2n) is 5.61. The number of ether oxygens (including phenoxy) is 1. The van der Waals surface area contributed by atoms with E-state index < -0.39 is 18.5 Å². The molecule has 1 aromatic carbocycles. The molecule has 3 N–H and O–H groups in total. The zero-order valence-electron chi connectivity index (χ0n) is 13.8. The molecule has 2 aromatic rings. The normalized spacial score (nSPS) is 13.5. The van der Waals surface area contributed by atoms with Gasteiger partial charge in [-0.15, -0.1) is 0 Å². The molecule has 1 fully saturated rings. The van der Waals surface area contributed by atoms with Crippen molar-refractivity contribution in [3.63, 3.8) is 0 Å². The largest absolute Gasteiger partial charge is 0.451 e. The lowest BCUT2D eigenvalue weighted by Gasteiger charge is -2.16. The maximum Gasteiger partial charge on any atom is 0.361 e. The number of benzene rings is 1. The molecule has 0 unspecified atom stereocenters. The fourth-order valence-corrected chi connectivity index (χ4v) is 2.58. The Hall–Kier alpha value is -3.49. The number of anilines is 3. The predicted molar refractivity (Wildman–Crippen MR) is 93.4 cm³/mol. The first-order valence-electron chi connectivity index (χ1n) is 7.98. The standard InChI is InChI=1S/C17H17N5O4/c18-16-15(19-6-7-20-16)17(25)26-10-13(23)21-11-3-1-4-12(9-11)22-8-2-5-14(22)24/h1,3-4,6-7,9H,2,5,8,10H2,(H2,18,20)(H,21,23). The van der Waals surface area contributed by atoms with Crippen LogP contribution in [-0.4, -0.2) is 40.9 Å². The summed E-state index contributed by atoms with van der Waals surface area (Å²) in [6.45, 7) is 0.162. The molecule has 0 atom stereocenters. The van der Waals surface area contributed by atoms with Crippen LogP contribution in [0.25, 0.3) is 0 Å². The average molecular weight is 355 g/mol. The number of hydrogen-bond acceptors (Lipinski definition) is 7. The molecular formula is C17H17N5O4. The van der Waals surface area contributed by atoms with Gasteiger partial charge in [0.2, 0.25) is 5.91 Å². The number of carbonyl (C=O) groups is 3. The Morgan fingerprint density at radius 1 is 1.27 bits per heavy atom. The van der Waals surface area contributed by atoms with Crippen molar-refractivity contribution in [1.29, 1.82) is 0 Å². The third-order valence-corrected chi connectivity index (χ3v) is 3.77. The smallest absolute Gasteiger partial charge is 0.361 e. The van der Waals surface area contributed by atoms with Crippen LogP contribution in [0.2, 0.25) is 0 Å². The minimum absolute atomic E-state index is 0.0592. The molecule has 1 saturated heterocycles. The first kappa shape index (κ1) is 17.3. The van der Waals surface area contributed by atoms with Gasteiger partial charge >= 0.3 is 5.97 Å². The van der Waals surface area contributed by atoms with E-state index in [1.807, 2.05) is 0 Å². The molecule has 0 spiro atoms. The summed E-state index contributed by atoms with van der Waals surface area (Å²) in [6, 6.07) is 6.92. The number of amides is 2. The number of aromatic nitrogens is 2. The Balaban J connectivity index is 1.57. The molecule has 0 radical (unpaired) electrons. The minimum Gasteiger partial charge on any atom is -0.451 e. The molecule has 9 nitrogen and oxygen atoms in total. The summed E-state index contributed by atoms with van der Waals surface area (Å²) in [4.78, 5) is 44.8. The van der Waals surface area contributed by atoms with Gasteiger partial charge in [0, 0.05) is 36.7 Å². The molecule has 0 aliphatic carbocycles. The Kier molecular flexibility index (Phi) is 5.07. The van der Waals surface area contributed by atoms with Gasteiger partial charge in [0.15, 0.2) is 18.1 Å². The van der Waals surface area contributed by atoms with Crippen LogP contribution >= 0.6 is 0 Å². The lowest BCUT2D eigenvalue weighted by molar-refractivity contribution is -0.119. The van der Waals surface area contributed by atoms with Gasteiger partial charge in [-0.1, -0.05) is 6.07 Å². The zero-order chi connectivity index (χ0) is 18.5. The third kappa shape index (κ3) is 3.94. The summed E-state index contributed by atoms with van der Waals surface area (Å²) in [7, 11) is 0. The number of hydrogen-bond donors (Lipinski definition) is 2. The van der Waals surface area contributed by atoms with E-state index in [0.29, 0.717) is 18.7 Å². The summed E-state index contributed by atoms with van der Waals surface area (Å²) in [5.74, 6) is -1.36. The van der Waals surface area contributed by atoms with Crippen LogP contribution in [0.3, 0.4) is 0 Å². The molecule has 134 valence electrons. The van der Waals surface area contributed by atoms with E-state index in [1.54, 1.807) is 29.2 Å². The predicted octanol–water partition coefficient (Wildman–Crippen LogP) is 0.981. The van der Waals surface area contributed by atoms with E-state index in [9.17, 15) is 14.4 Å². The molecule has 0 saturated carbocycles. The highest BCUT2D eigenvalue weighted by atomic mass is 16.5. The summed E-state index contributed by atoms with van der Waals surface area (Å²) in [5, 5.41) is 2.62. The summed E-state index contributed by atoms with van der Waals surface area (Å²) in [5.41, 5.74) is 6.61. The molecule has 2 heterocycles. The number of esters is 1. The van der Waals surface area contributed by atoms with Gasteiger partial charge in [0.25, 0.3) is 5.91 Å². The second kappa shape index (κ2) is 7.60. The summed E-state index contributed by atoms with van der Waals surface area (Å²) < 4.78 is 4.89. The van der Waals surface area contributed by atoms with Crippen molar-refractivity contribution in [2.24, 2.45) is 0 Å². The van der Waals surface area contributed by atoms with Gasteiger partial charge in [-0.25, -0.2) is 14.8 Å². The second-order valence-corrected chi connectivity index (χ2v) is 5.61. The van der Waals surface area contributed by atoms with E-state index in [0.717, 1.165) is 12.1 Å². The molecule has 26 heavy (non-hydrogen) atoms. The van der Waals surface area contributed by atoms with Crippen LogP contribution in [0.15, 0.2) is 36.7 Å². The van der Waals surface area contributed by atoms with Crippen molar-refractivity contribution in [2.75, 3.05) is 29.1 Å². The zero-order valence-corrected chi connectivity index (χ0v) is 13.8. The topological polar surface area (TPSA) is 128 Å². The van der Waals surface area contributed by atoms with Gasteiger partial charge in [-0.3, -0.25) is 9.59 Å². The molecule has 1 aliphatic rings. The van der Waals surface area contributed by atoms with Gasteiger partial charge in [0.05, 0.1) is 0 Å². The highest BCUT2D eigenvalue weighted by Gasteiger charge is 2.22. The molecule has 3 rings (SSSR count). The monoisotopic (exact) mass is 355 g/mol. The highest BCUT2D eigenvalue weighted by molar-refractivity contribution is 5.98. The van der Waals surface area contributed by atoms with Gasteiger partial charge < -0.3 is 20.7 Å². The van der Waals surface area contributed by atoms with Gasteiger partial charge in [0.1, 0.15) is 0 Å². The van der Waals surface area contributed by atoms with Gasteiger partial charge in [-0.05, 0) is 24.6 Å². The first-order chi connectivity index (χ1) is 12.5. The van der Waals surface area contributed by atoms with Crippen LogP contribution in [0, 0.1) is 0 Å². The van der Waals surface area contributed by atoms with Crippen molar-refractivity contribution in [3.8, 4) is 0 Å². The number of rotatable bonds is 5. The van der Waals surface area contributed by atoms with Crippen LogP contribution < -0.4 is 16.0 Å². The van der Waals surface area contributed by atoms with Crippen LogP contribution in [0.4, 0.5) is 17.2 Å². The molecule has 1 aromatic heterocycles. The van der Waals surface area contributed by atoms with E-state index in [2.05, 4.69) is 15.3 Å². The molecule has 1 aliphatic heterocycles. The molecule has 2 amide bonds. The average Bonchev–Trinajstić information content (AvgIpc) is 3.06. The Bertz CT molecular complexity index is 855. The van der Waals surface area contributed by atoms with Crippen LogP contribution in [-0.2, 0) is 14.3 Å². The number of carbonyl (C=O) groups excluding carboxylic acids is 3. The minimum atomic E-state index is -0.831. The van der Waals surface area contributed by atoms with Gasteiger partial charge in [-0.2, -0.15) is 0 Å². The maximum atomic E-state index is 12.0. The molecule has 9 heteroatoms. The fraction of sp³-hybridized carbons (Fsp3) is 0.235. The Morgan fingerprint density at radius 3 is 2.81 bits per heavy atom. The highest BCUT2D eigenvalue weighted by Crippen LogP contribution is 2.24. The Labute approximate surface area is 149 Å². The SMILES string of the molecule is Nc1nccnc1C(=O)OCC(=O)Nc1cccc(N2CCCC2=O)c1. The number of nitrogens with zero attached hydrogens (tertiary/aromatic N) is 3. The summed E-state index contributed by atoms with van der Waals surface area (Å²) >= 11 is 0. The van der Waals surface area contributed by atoms with Crippen molar-refractivity contribution < 1.29 is 19.1 Å². The lowest BCUT2D eigenvalue weighted by Crippen LogP contribution is -2.24. The van der Waals surface area contributed by atoms with Crippen molar-refractivity contribution in [1.82, 2.24) is 9.97 Å². The van der Waals surface area contributed by atoms with Crippen LogP contribution in [0.1, 0.15) is 23.3 Å². The fourth-order valence-electron chi connectivity index (χ4n) is 2.58. The number of nitrogens with two attached hydrogens (primary N) is 1. The van der Waals surface area contributed by atoms with E-state index in [1.165, 1.54) is 12.4 Å². The molecule has 0 bridgehead atoms. The quantitative estimate of drug-likeness (QED) is 0.765. The van der Waals surface area contributed by atoms with Crippen molar-refractivity contribution in [2.45, 2.75) is 12.8 Å². The van der Waals surface area contributed by atoms with Crippen molar-refractivity contribution in [3.05, 3.63) is 42.4 Å². The van der Waals surface area contributed by atoms with Crippen LogP contribution in [0.5, 0.6) is 0 Å². The van der Waals surface area contributed by atoms with E-state index >= 15 is 0 Å².